The first-order chi connectivity index (χ1) is 17.6. The fourth-order valence-electron chi connectivity index (χ4n) is 4.37. The number of hydrogen-bond donors (Lipinski definition) is 2. The molecule has 1 aromatic heterocycles. The van der Waals surface area contributed by atoms with Crippen LogP contribution in [-0.2, 0) is 16.1 Å². The quantitative estimate of drug-likeness (QED) is 0.551. The first-order valence-corrected chi connectivity index (χ1v) is 11.6. The second-order valence-electron chi connectivity index (χ2n) is 8.35. The van der Waals surface area contributed by atoms with E-state index in [-0.39, 0.29) is 24.2 Å². The van der Waals surface area contributed by atoms with Gasteiger partial charge in [-0.25, -0.2) is 9.88 Å². The number of amides is 1. The van der Waals surface area contributed by atoms with Crippen LogP contribution >= 0.6 is 0 Å². The van der Waals surface area contributed by atoms with Gasteiger partial charge >= 0.3 is 0 Å². The van der Waals surface area contributed by atoms with Crippen LogP contribution in [0.1, 0.15) is 11.1 Å². The molecule has 1 aliphatic carbocycles. The average Bonchev–Trinajstić information content (AvgIpc) is 2.93. The molecule has 9 heteroatoms. The molecule has 0 spiro atoms. The maximum absolute atomic E-state index is 13.6. The number of carbonyl (C=O) groups is 2. The van der Waals surface area contributed by atoms with Gasteiger partial charge in [-0.2, -0.15) is 4.98 Å². The van der Waals surface area contributed by atoms with E-state index in [9.17, 15) is 9.59 Å². The zero-order valence-corrected chi connectivity index (χ0v) is 19.8. The second kappa shape index (κ2) is 10.1. The van der Waals surface area contributed by atoms with Gasteiger partial charge in [0.2, 0.25) is 11.9 Å². The predicted octanol–water partition coefficient (Wildman–Crippen LogP) is 2.57. The number of nitrogens with zero attached hydrogens (tertiary/aromatic N) is 4. The number of carbonyl (C=O) groups excluding carboxylic acids is 2. The average molecular weight is 483 g/mol. The predicted molar refractivity (Wildman–Crippen MR) is 138 cm³/mol. The van der Waals surface area contributed by atoms with E-state index >= 15 is 0 Å². The number of benzene rings is 2. The second-order valence-corrected chi connectivity index (χ2v) is 8.35. The molecule has 3 N–H and O–H groups in total. The summed E-state index contributed by atoms with van der Waals surface area (Å²) in [5.41, 5.74) is 8.57. The van der Waals surface area contributed by atoms with E-state index in [1.807, 2.05) is 65.6 Å². The minimum Gasteiger partial charge on any atom is -0.497 e. The van der Waals surface area contributed by atoms with Gasteiger partial charge in [-0.15, -0.1) is 0 Å². The summed E-state index contributed by atoms with van der Waals surface area (Å²) >= 11 is 0. The molecule has 182 valence electrons. The Morgan fingerprint density at radius 2 is 1.97 bits per heavy atom. The van der Waals surface area contributed by atoms with Gasteiger partial charge < -0.3 is 15.4 Å². The summed E-state index contributed by atoms with van der Waals surface area (Å²) in [6.45, 7) is 0.769. The van der Waals surface area contributed by atoms with Crippen LogP contribution < -0.4 is 25.6 Å². The molecule has 3 aromatic rings. The third kappa shape index (κ3) is 4.37. The highest BCUT2D eigenvalue weighted by Gasteiger charge is 2.33. The number of methoxy groups -OCH3 is 1. The Balaban J connectivity index is 1.50. The van der Waals surface area contributed by atoms with Gasteiger partial charge in [-0.05, 0) is 29.8 Å². The lowest BCUT2D eigenvalue weighted by Crippen LogP contribution is -2.49. The lowest BCUT2D eigenvalue weighted by molar-refractivity contribution is -0.116. The number of nitrogens with two attached hydrogens (primary N) is 1. The highest BCUT2D eigenvalue weighted by Crippen LogP contribution is 2.32. The van der Waals surface area contributed by atoms with Crippen LogP contribution in [0.2, 0.25) is 0 Å². The number of rotatable bonds is 6. The molecule has 1 aliphatic heterocycles. The topological polar surface area (TPSA) is 114 Å². The highest BCUT2D eigenvalue weighted by molar-refractivity contribution is 6.26. The zero-order valence-electron chi connectivity index (χ0n) is 19.8. The minimum absolute atomic E-state index is 0.0459. The van der Waals surface area contributed by atoms with Gasteiger partial charge in [0, 0.05) is 23.9 Å². The van der Waals surface area contributed by atoms with Crippen molar-refractivity contribution >= 4 is 34.7 Å². The summed E-state index contributed by atoms with van der Waals surface area (Å²) < 4.78 is 5.24. The van der Waals surface area contributed by atoms with E-state index in [0.29, 0.717) is 30.3 Å². The molecule has 2 heterocycles. The van der Waals surface area contributed by atoms with Crippen LogP contribution in [0.15, 0.2) is 79.0 Å². The Morgan fingerprint density at radius 1 is 1.19 bits per heavy atom. The van der Waals surface area contributed by atoms with E-state index in [1.165, 1.54) is 4.90 Å². The van der Waals surface area contributed by atoms with E-state index in [0.717, 1.165) is 16.9 Å². The fourth-order valence-corrected chi connectivity index (χ4v) is 4.37. The third-order valence-electron chi connectivity index (χ3n) is 6.16. The molecule has 1 unspecified atom stereocenters. The molecular weight excluding hydrogens is 456 g/mol. The van der Waals surface area contributed by atoms with Crippen LogP contribution in [0, 0.1) is 0 Å². The van der Waals surface area contributed by atoms with Crippen molar-refractivity contribution in [1.29, 1.82) is 0 Å². The third-order valence-corrected chi connectivity index (χ3v) is 6.16. The number of aromatic nitrogens is 2. The fraction of sp³-hybridized carbons (Fsp3) is 0.185. The van der Waals surface area contributed by atoms with Crippen LogP contribution in [0.5, 0.6) is 5.75 Å². The Hall–Kier alpha value is -4.34. The summed E-state index contributed by atoms with van der Waals surface area (Å²) in [6, 6.07) is 16.0. The van der Waals surface area contributed by atoms with E-state index < -0.39 is 6.04 Å². The Kier molecular flexibility index (Phi) is 6.57. The first-order valence-electron chi connectivity index (χ1n) is 11.6. The van der Waals surface area contributed by atoms with Crippen molar-refractivity contribution in [3.8, 4) is 5.75 Å². The SMILES string of the molecule is COc1ccc(C2=CC=CC(N3CNCc4cnc(N(C(=O)CN)c5ccccc5)nc43)C2=O)cc1. The molecule has 0 saturated carbocycles. The zero-order chi connectivity index (χ0) is 25.1. The molecular formula is C27H26N6O3. The number of ketones is 1. The van der Waals surface area contributed by atoms with Crippen LogP contribution in [0.3, 0.4) is 0 Å². The normalized spacial score (nSPS) is 16.8. The Bertz CT molecular complexity index is 1340. The van der Waals surface area contributed by atoms with Gasteiger partial charge in [0.05, 0.1) is 26.0 Å². The van der Waals surface area contributed by atoms with Crippen molar-refractivity contribution in [3.63, 3.8) is 0 Å². The summed E-state index contributed by atoms with van der Waals surface area (Å²) in [5.74, 6) is 1.16. The van der Waals surface area contributed by atoms with Crippen LogP contribution in [0.25, 0.3) is 5.57 Å². The maximum Gasteiger partial charge on any atom is 0.247 e. The largest absolute Gasteiger partial charge is 0.497 e. The summed E-state index contributed by atoms with van der Waals surface area (Å²) in [4.78, 5) is 39.0. The van der Waals surface area contributed by atoms with Crippen molar-refractivity contribution in [2.45, 2.75) is 12.6 Å². The molecule has 2 aromatic carbocycles. The van der Waals surface area contributed by atoms with Gasteiger partial charge in [-0.1, -0.05) is 48.6 Å². The van der Waals surface area contributed by atoms with E-state index in [2.05, 4.69) is 10.3 Å². The molecule has 0 saturated heterocycles. The summed E-state index contributed by atoms with van der Waals surface area (Å²) in [6.07, 6.45) is 7.25. The Labute approximate surface area is 208 Å². The van der Waals surface area contributed by atoms with E-state index in [1.54, 1.807) is 25.4 Å². The van der Waals surface area contributed by atoms with Crippen molar-refractivity contribution in [2.75, 3.05) is 30.1 Å². The monoisotopic (exact) mass is 482 g/mol. The van der Waals surface area contributed by atoms with Crippen molar-refractivity contribution in [1.82, 2.24) is 15.3 Å². The van der Waals surface area contributed by atoms with Crippen molar-refractivity contribution in [3.05, 3.63) is 90.1 Å². The smallest absolute Gasteiger partial charge is 0.247 e. The molecule has 0 fully saturated rings. The highest BCUT2D eigenvalue weighted by atomic mass is 16.5. The molecule has 0 radical (unpaired) electrons. The molecule has 9 nitrogen and oxygen atoms in total. The van der Waals surface area contributed by atoms with Gasteiger partial charge in [0.1, 0.15) is 17.6 Å². The number of para-hydroxylation sites is 1. The minimum atomic E-state index is -0.572. The molecule has 1 amide bonds. The molecule has 1 atom stereocenters. The van der Waals surface area contributed by atoms with Gasteiger partial charge in [-0.3, -0.25) is 14.9 Å². The number of anilines is 3. The summed E-state index contributed by atoms with van der Waals surface area (Å²) in [7, 11) is 1.61. The number of allylic oxidation sites excluding steroid dienone is 2. The van der Waals surface area contributed by atoms with Crippen LogP contribution in [-0.4, -0.2) is 48.0 Å². The van der Waals surface area contributed by atoms with Crippen molar-refractivity contribution < 1.29 is 14.3 Å². The van der Waals surface area contributed by atoms with Gasteiger partial charge in [0.25, 0.3) is 0 Å². The number of Topliss-reactive ketones (excluding diaryl/α,β-unsaturated/α-hetero) is 1. The lowest BCUT2D eigenvalue weighted by atomic mass is 9.92. The maximum atomic E-state index is 13.6. The molecule has 0 bridgehead atoms. The molecule has 36 heavy (non-hydrogen) atoms. The van der Waals surface area contributed by atoms with Crippen LogP contribution in [0.4, 0.5) is 17.5 Å². The van der Waals surface area contributed by atoms with Gasteiger partial charge in [0.15, 0.2) is 5.78 Å². The lowest BCUT2D eigenvalue weighted by Gasteiger charge is -2.36. The van der Waals surface area contributed by atoms with Crippen molar-refractivity contribution in [2.24, 2.45) is 5.73 Å². The number of fused-ring (bicyclic) bond motifs is 1. The number of hydrogen-bond acceptors (Lipinski definition) is 8. The molecule has 2 aliphatic rings. The molecule has 5 rings (SSSR count). The number of ether oxygens (including phenoxy) is 1. The Morgan fingerprint density at radius 3 is 2.69 bits per heavy atom. The summed E-state index contributed by atoms with van der Waals surface area (Å²) in [5, 5.41) is 3.32. The number of nitrogens with one attached hydrogen (secondary N) is 1. The standard InChI is InChI=1S/C27H26N6O3/c1-36-21-12-10-18(11-13-21)22-8-5-9-23(25(22)35)32-17-29-15-19-16-30-27(31-26(19)32)33(24(34)14-28)20-6-3-2-4-7-20/h2-13,16,23,29H,14-15,17,28H2,1H3. The van der Waals surface area contributed by atoms with E-state index in [4.69, 9.17) is 15.5 Å². The first kappa shape index (κ1) is 23.4.